The van der Waals surface area contributed by atoms with Gasteiger partial charge in [-0.05, 0) is 51.7 Å². The van der Waals surface area contributed by atoms with Gasteiger partial charge in [0.2, 0.25) is 5.88 Å². The zero-order chi connectivity index (χ0) is 13.2. The normalized spacial score (nSPS) is 15.8. The summed E-state index contributed by atoms with van der Waals surface area (Å²) in [4.78, 5) is 4.46. The van der Waals surface area contributed by atoms with Crippen LogP contribution in [-0.4, -0.2) is 16.6 Å². The van der Waals surface area contributed by atoms with Crippen molar-refractivity contribution < 1.29 is 4.74 Å². The second kappa shape index (κ2) is 5.27. The lowest BCUT2D eigenvalue weighted by atomic mass is 10.1. The van der Waals surface area contributed by atoms with Crippen molar-refractivity contribution in [2.24, 2.45) is 0 Å². The first-order valence-corrected chi connectivity index (χ1v) is 6.88. The molecule has 0 bridgehead atoms. The summed E-state index contributed by atoms with van der Waals surface area (Å²) in [5.74, 6) is 0.745. The van der Waals surface area contributed by atoms with Gasteiger partial charge in [-0.25, -0.2) is 4.98 Å². The minimum Gasteiger partial charge on any atom is -0.472 e. The maximum atomic E-state index is 5.96. The lowest BCUT2D eigenvalue weighted by molar-refractivity contribution is 0.0987. The van der Waals surface area contributed by atoms with Crippen molar-refractivity contribution in [3.05, 3.63) is 23.4 Å². The molecule has 0 amide bonds. The van der Waals surface area contributed by atoms with Crippen molar-refractivity contribution in [2.75, 3.05) is 0 Å². The molecule has 3 heteroatoms. The molecule has 1 aliphatic carbocycles. The van der Waals surface area contributed by atoms with Crippen LogP contribution >= 0.6 is 0 Å². The van der Waals surface area contributed by atoms with E-state index < -0.39 is 0 Å². The van der Waals surface area contributed by atoms with Crippen molar-refractivity contribution in [3.63, 3.8) is 0 Å². The van der Waals surface area contributed by atoms with Gasteiger partial charge in [0.15, 0.2) is 0 Å². The largest absolute Gasteiger partial charge is 0.472 e. The molecule has 0 spiro atoms. The van der Waals surface area contributed by atoms with Crippen LogP contribution in [0.5, 0.6) is 5.88 Å². The first-order valence-electron chi connectivity index (χ1n) is 6.88. The monoisotopic (exact) mass is 248 g/mol. The quantitative estimate of drug-likeness (QED) is 0.839. The summed E-state index contributed by atoms with van der Waals surface area (Å²) in [6.07, 6.45) is 3.60. The first kappa shape index (κ1) is 13.3. The van der Waals surface area contributed by atoms with Crippen molar-refractivity contribution in [3.8, 4) is 5.88 Å². The second-order valence-corrected chi connectivity index (χ2v) is 5.83. The number of rotatable bonds is 6. The minimum atomic E-state index is -0.151. The number of ether oxygens (including phenoxy) is 1. The van der Waals surface area contributed by atoms with Crippen LogP contribution in [0, 0.1) is 6.92 Å². The number of nitrogens with one attached hydrogen (secondary N) is 1. The van der Waals surface area contributed by atoms with E-state index in [9.17, 15) is 0 Å². The third kappa shape index (κ3) is 3.98. The van der Waals surface area contributed by atoms with Gasteiger partial charge in [-0.15, -0.1) is 0 Å². The minimum absolute atomic E-state index is 0.151. The van der Waals surface area contributed by atoms with Crippen molar-refractivity contribution in [1.29, 1.82) is 0 Å². The lowest BCUT2D eigenvalue weighted by Gasteiger charge is -2.24. The van der Waals surface area contributed by atoms with E-state index in [0.29, 0.717) is 0 Å². The predicted molar refractivity (Wildman–Crippen MR) is 73.8 cm³/mol. The Kier molecular flexibility index (Phi) is 3.91. The van der Waals surface area contributed by atoms with Crippen molar-refractivity contribution in [2.45, 2.75) is 65.1 Å². The van der Waals surface area contributed by atoms with Gasteiger partial charge in [0.1, 0.15) is 5.60 Å². The lowest BCUT2D eigenvalue weighted by Crippen LogP contribution is -2.27. The zero-order valence-electron chi connectivity index (χ0n) is 11.9. The summed E-state index contributed by atoms with van der Waals surface area (Å²) in [5.41, 5.74) is 2.13. The van der Waals surface area contributed by atoms with Crippen LogP contribution in [0.3, 0.4) is 0 Å². The Hall–Kier alpha value is -1.09. The second-order valence-electron chi connectivity index (χ2n) is 5.83. The fourth-order valence-electron chi connectivity index (χ4n) is 1.77. The highest BCUT2D eigenvalue weighted by Crippen LogP contribution is 2.22. The highest BCUT2D eigenvalue weighted by Gasteiger charge is 2.21. The van der Waals surface area contributed by atoms with Gasteiger partial charge >= 0.3 is 0 Å². The smallest absolute Gasteiger partial charge is 0.214 e. The summed E-state index contributed by atoms with van der Waals surface area (Å²) in [7, 11) is 0. The molecule has 0 aliphatic heterocycles. The van der Waals surface area contributed by atoms with Gasteiger partial charge in [-0.1, -0.05) is 6.92 Å². The van der Waals surface area contributed by atoms with Crippen LogP contribution in [-0.2, 0) is 6.54 Å². The van der Waals surface area contributed by atoms with Gasteiger partial charge < -0.3 is 10.1 Å². The maximum absolute atomic E-state index is 5.96. The van der Waals surface area contributed by atoms with E-state index in [1.54, 1.807) is 0 Å². The molecule has 0 atom stereocenters. The molecule has 1 aliphatic rings. The number of aryl methyl sites for hydroxylation is 1. The molecule has 1 saturated carbocycles. The van der Waals surface area contributed by atoms with Crippen LogP contribution in [0.4, 0.5) is 0 Å². The summed E-state index contributed by atoms with van der Waals surface area (Å²) in [5, 5.41) is 3.52. The average Bonchev–Trinajstić information content (AvgIpc) is 3.09. The van der Waals surface area contributed by atoms with E-state index in [2.05, 4.69) is 43.2 Å². The fraction of sp³-hybridized carbons (Fsp3) is 0.667. The summed E-state index contributed by atoms with van der Waals surface area (Å²) < 4.78 is 5.96. The van der Waals surface area contributed by atoms with Crippen LogP contribution in [0.2, 0.25) is 0 Å². The third-order valence-corrected chi connectivity index (χ3v) is 3.39. The maximum Gasteiger partial charge on any atom is 0.214 e. The van der Waals surface area contributed by atoms with Crippen molar-refractivity contribution >= 4 is 0 Å². The van der Waals surface area contributed by atoms with Crippen LogP contribution < -0.4 is 10.1 Å². The summed E-state index contributed by atoms with van der Waals surface area (Å²) in [6, 6.07) is 4.91. The molecule has 1 heterocycles. The molecule has 1 aromatic heterocycles. The van der Waals surface area contributed by atoms with Crippen molar-refractivity contribution in [1.82, 2.24) is 10.3 Å². The molecule has 3 nitrogen and oxygen atoms in total. The first-order chi connectivity index (χ1) is 8.48. The molecule has 2 rings (SSSR count). The van der Waals surface area contributed by atoms with Gasteiger partial charge in [-0.3, -0.25) is 0 Å². The predicted octanol–water partition coefficient (Wildman–Crippen LogP) is 3.21. The molecule has 1 N–H and O–H groups in total. The summed E-state index contributed by atoms with van der Waals surface area (Å²) >= 11 is 0. The Balaban J connectivity index is 2.04. The Labute approximate surface area is 110 Å². The number of hydrogen-bond acceptors (Lipinski definition) is 3. The van der Waals surface area contributed by atoms with Gasteiger partial charge in [0, 0.05) is 24.3 Å². The highest BCUT2D eigenvalue weighted by atomic mass is 16.5. The highest BCUT2D eigenvalue weighted by molar-refractivity contribution is 5.25. The molecular weight excluding hydrogens is 224 g/mol. The molecule has 1 fully saturated rings. The van der Waals surface area contributed by atoms with E-state index in [4.69, 9.17) is 4.74 Å². The average molecular weight is 248 g/mol. The molecule has 100 valence electrons. The van der Waals surface area contributed by atoms with E-state index in [1.807, 2.05) is 6.92 Å². The molecule has 0 unspecified atom stereocenters. The van der Waals surface area contributed by atoms with E-state index >= 15 is 0 Å². The van der Waals surface area contributed by atoms with E-state index in [0.717, 1.165) is 30.6 Å². The van der Waals surface area contributed by atoms with Crippen LogP contribution in [0.15, 0.2) is 12.1 Å². The van der Waals surface area contributed by atoms with E-state index in [-0.39, 0.29) is 5.60 Å². The zero-order valence-corrected chi connectivity index (χ0v) is 11.9. The van der Waals surface area contributed by atoms with Gasteiger partial charge in [0.05, 0.1) is 0 Å². The Morgan fingerprint density at radius 3 is 2.72 bits per heavy atom. The molecule has 0 saturated heterocycles. The van der Waals surface area contributed by atoms with Crippen LogP contribution in [0.1, 0.15) is 51.3 Å². The Morgan fingerprint density at radius 2 is 2.11 bits per heavy atom. The molecule has 18 heavy (non-hydrogen) atoms. The Bertz CT molecular complexity index is 411. The number of aromatic nitrogens is 1. The standard InChI is InChI=1S/C15H24N2O/c1-5-15(3,4)18-14-9-12(8-11(2)17-14)10-16-13-6-7-13/h8-9,13,16H,5-7,10H2,1-4H3. The number of nitrogens with zero attached hydrogens (tertiary/aromatic N) is 1. The van der Waals surface area contributed by atoms with Gasteiger partial charge in [-0.2, -0.15) is 0 Å². The Morgan fingerprint density at radius 1 is 1.39 bits per heavy atom. The molecule has 0 radical (unpaired) electrons. The van der Waals surface area contributed by atoms with E-state index in [1.165, 1.54) is 18.4 Å². The van der Waals surface area contributed by atoms with Crippen LogP contribution in [0.25, 0.3) is 0 Å². The number of pyridine rings is 1. The molecule has 1 aromatic rings. The fourth-order valence-corrected chi connectivity index (χ4v) is 1.77. The summed E-state index contributed by atoms with van der Waals surface area (Å²) in [6.45, 7) is 9.26. The molecular formula is C15H24N2O. The van der Waals surface area contributed by atoms with Gasteiger partial charge in [0.25, 0.3) is 0 Å². The third-order valence-electron chi connectivity index (χ3n) is 3.39. The SMILES string of the molecule is CCC(C)(C)Oc1cc(CNC2CC2)cc(C)n1. The number of hydrogen-bond donors (Lipinski definition) is 1. The molecule has 0 aromatic carbocycles. The topological polar surface area (TPSA) is 34.1 Å².